The van der Waals surface area contributed by atoms with Gasteiger partial charge in [0, 0.05) is 38.3 Å². The molecule has 4 rings (SSSR count). The molecule has 0 amide bonds. The van der Waals surface area contributed by atoms with Crippen LogP contribution in [0.25, 0.3) is 11.0 Å². The van der Waals surface area contributed by atoms with Crippen molar-refractivity contribution in [1.82, 2.24) is 15.3 Å². The van der Waals surface area contributed by atoms with E-state index >= 15 is 0 Å². The highest BCUT2D eigenvalue weighted by Crippen LogP contribution is 2.30. The standard InChI is InChI=1S/C13H15N5O2/c19-18(20)10-1-2-11-12(3-10)16-13(15-11)17-6-8-4-14-5-9(8)7-17/h1-3,8-9,14H,4-7H2,(H,15,16). The van der Waals surface area contributed by atoms with Gasteiger partial charge in [-0.3, -0.25) is 10.1 Å². The summed E-state index contributed by atoms with van der Waals surface area (Å²) in [5.74, 6) is 2.21. The molecular formula is C13H15N5O2. The second kappa shape index (κ2) is 4.17. The summed E-state index contributed by atoms with van der Waals surface area (Å²) >= 11 is 0. The maximum Gasteiger partial charge on any atom is 0.271 e. The van der Waals surface area contributed by atoms with Gasteiger partial charge in [0.25, 0.3) is 5.69 Å². The Morgan fingerprint density at radius 2 is 2.05 bits per heavy atom. The number of benzene rings is 1. The van der Waals surface area contributed by atoms with E-state index in [1.54, 1.807) is 12.1 Å². The van der Waals surface area contributed by atoms with Gasteiger partial charge in [-0.2, -0.15) is 0 Å². The number of nitrogens with zero attached hydrogens (tertiary/aromatic N) is 3. The number of hydrogen-bond donors (Lipinski definition) is 2. The Hall–Kier alpha value is -2.15. The first-order chi connectivity index (χ1) is 9.70. The van der Waals surface area contributed by atoms with Crippen LogP contribution in [0.15, 0.2) is 18.2 Å². The van der Waals surface area contributed by atoms with Crippen LogP contribution in [-0.2, 0) is 0 Å². The van der Waals surface area contributed by atoms with Crippen molar-refractivity contribution >= 4 is 22.7 Å². The molecule has 0 aliphatic carbocycles. The highest BCUT2D eigenvalue weighted by atomic mass is 16.6. The lowest BCUT2D eigenvalue weighted by Crippen LogP contribution is -2.26. The van der Waals surface area contributed by atoms with E-state index in [9.17, 15) is 10.1 Å². The SMILES string of the molecule is O=[N+]([O-])c1ccc2nc(N3CC4CNCC4C3)[nH]c2c1. The number of anilines is 1. The molecule has 1 aromatic carbocycles. The summed E-state index contributed by atoms with van der Waals surface area (Å²) < 4.78 is 0. The summed E-state index contributed by atoms with van der Waals surface area (Å²) in [5.41, 5.74) is 1.60. The van der Waals surface area contributed by atoms with Gasteiger partial charge in [0.1, 0.15) is 0 Å². The Kier molecular flexibility index (Phi) is 2.43. The van der Waals surface area contributed by atoms with Crippen LogP contribution in [0, 0.1) is 22.0 Å². The van der Waals surface area contributed by atoms with Crippen LogP contribution in [0.1, 0.15) is 0 Å². The van der Waals surface area contributed by atoms with Crippen LogP contribution >= 0.6 is 0 Å². The average molecular weight is 273 g/mol. The van der Waals surface area contributed by atoms with Crippen LogP contribution in [0.2, 0.25) is 0 Å². The summed E-state index contributed by atoms with van der Waals surface area (Å²) in [6.07, 6.45) is 0. The Labute approximate surface area is 115 Å². The van der Waals surface area contributed by atoms with Crippen molar-refractivity contribution in [1.29, 1.82) is 0 Å². The summed E-state index contributed by atoms with van der Waals surface area (Å²) in [4.78, 5) is 20.4. The highest BCUT2D eigenvalue weighted by Gasteiger charge is 2.37. The predicted molar refractivity (Wildman–Crippen MR) is 74.8 cm³/mol. The number of rotatable bonds is 2. The number of non-ortho nitro benzene ring substituents is 1. The van der Waals surface area contributed by atoms with Crippen molar-refractivity contribution < 1.29 is 4.92 Å². The topological polar surface area (TPSA) is 87.1 Å². The Bertz CT molecular complexity index is 670. The summed E-state index contributed by atoms with van der Waals surface area (Å²) in [6, 6.07) is 4.74. The number of fused-ring (bicyclic) bond motifs is 2. The zero-order chi connectivity index (χ0) is 13.7. The monoisotopic (exact) mass is 273 g/mol. The zero-order valence-corrected chi connectivity index (χ0v) is 10.9. The molecule has 20 heavy (non-hydrogen) atoms. The minimum absolute atomic E-state index is 0.0928. The lowest BCUT2D eigenvalue weighted by atomic mass is 10.0. The molecule has 7 nitrogen and oxygen atoms in total. The number of nitro groups is 1. The van der Waals surface area contributed by atoms with E-state index in [0.717, 1.165) is 43.2 Å². The van der Waals surface area contributed by atoms with E-state index in [0.29, 0.717) is 11.8 Å². The molecule has 104 valence electrons. The van der Waals surface area contributed by atoms with Crippen LogP contribution in [0.5, 0.6) is 0 Å². The normalized spacial score (nSPS) is 25.3. The molecule has 2 aliphatic heterocycles. The van der Waals surface area contributed by atoms with Crippen molar-refractivity contribution in [3.63, 3.8) is 0 Å². The maximum absolute atomic E-state index is 10.8. The number of hydrogen-bond acceptors (Lipinski definition) is 5. The third-order valence-electron chi connectivity index (χ3n) is 4.35. The smallest absolute Gasteiger partial charge is 0.271 e. The number of nitro benzene ring substituents is 1. The second-order valence-electron chi connectivity index (χ2n) is 5.60. The first-order valence-corrected chi connectivity index (χ1v) is 6.80. The molecule has 2 aromatic rings. The molecule has 1 aromatic heterocycles. The van der Waals surface area contributed by atoms with Gasteiger partial charge in [-0.25, -0.2) is 4.98 Å². The molecule has 0 spiro atoms. The van der Waals surface area contributed by atoms with E-state index in [-0.39, 0.29) is 10.6 Å². The molecule has 2 N–H and O–H groups in total. The first-order valence-electron chi connectivity index (χ1n) is 6.80. The Balaban J connectivity index is 1.66. The first kappa shape index (κ1) is 11.7. The minimum atomic E-state index is -0.383. The van der Waals surface area contributed by atoms with Crippen molar-refractivity contribution in [2.24, 2.45) is 11.8 Å². The van der Waals surface area contributed by atoms with Gasteiger partial charge in [0.2, 0.25) is 5.95 Å². The van der Waals surface area contributed by atoms with Gasteiger partial charge >= 0.3 is 0 Å². The fourth-order valence-electron chi connectivity index (χ4n) is 3.28. The van der Waals surface area contributed by atoms with Crippen molar-refractivity contribution in [3.8, 4) is 0 Å². The van der Waals surface area contributed by atoms with Gasteiger partial charge < -0.3 is 15.2 Å². The van der Waals surface area contributed by atoms with E-state index in [4.69, 9.17) is 0 Å². The minimum Gasteiger partial charge on any atom is -0.342 e. The third-order valence-corrected chi connectivity index (χ3v) is 4.35. The van der Waals surface area contributed by atoms with E-state index in [1.165, 1.54) is 6.07 Å². The summed E-state index contributed by atoms with van der Waals surface area (Å²) in [6.45, 7) is 4.15. The zero-order valence-electron chi connectivity index (χ0n) is 10.9. The average Bonchev–Trinajstić information content (AvgIpc) is 3.10. The largest absolute Gasteiger partial charge is 0.342 e. The van der Waals surface area contributed by atoms with Crippen LogP contribution < -0.4 is 10.2 Å². The number of aromatic amines is 1. The van der Waals surface area contributed by atoms with E-state index < -0.39 is 0 Å². The number of imidazole rings is 1. The third kappa shape index (κ3) is 1.74. The summed E-state index contributed by atoms with van der Waals surface area (Å²) in [5, 5.41) is 14.2. The van der Waals surface area contributed by atoms with Crippen LogP contribution in [-0.4, -0.2) is 41.1 Å². The Morgan fingerprint density at radius 3 is 2.75 bits per heavy atom. The fraction of sp³-hybridized carbons (Fsp3) is 0.462. The lowest BCUT2D eigenvalue weighted by molar-refractivity contribution is -0.384. The van der Waals surface area contributed by atoms with Crippen LogP contribution in [0.3, 0.4) is 0 Å². The molecule has 0 saturated carbocycles. The number of aromatic nitrogens is 2. The molecule has 2 aliphatic rings. The number of H-pyrrole nitrogens is 1. The van der Waals surface area contributed by atoms with Crippen molar-refractivity contribution in [2.75, 3.05) is 31.1 Å². The molecular weight excluding hydrogens is 258 g/mol. The molecule has 7 heteroatoms. The predicted octanol–water partition coefficient (Wildman–Crippen LogP) is 1.13. The Morgan fingerprint density at radius 1 is 1.30 bits per heavy atom. The van der Waals surface area contributed by atoms with Gasteiger partial charge in [-0.1, -0.05) is 0 Å². The quantitative estimate of drug-likeness (QED) is 0.632. The molecule has 3 heterocycles. The van der Waals surface area contributed by atoms with E-state index in [2.05, 4.69) is 20.2 Å². The second-order valence-corrected chi connectivity index (χ2v) is 5.60. The number of nitrogens with one attached hydrogen (secondary N) is 2. The molecule has 2 atom stereocenters. The van der Waals surface area contributed by atoms with E-state index in [1.807, 2.05) is 0 Å². The maximum atomic E-state index is 10.8. The van der Waals surface area contributed by atoms with Crippen LogP contribution in [0.4, 0.5) is 11.6 Å². The lowest BCUT2D eigenvalue weighted by Gasteiger charge is -2.15. The van der Waals surface area contributed by atoms with Crippen molar-refractivity contribution in [3.05, 3.63) is 28.3 Å². The molecule has 2 saturated heterocycles. The van der Waals surface area contributed by atoms with Gasteiger partial charge in [0.15, 0.2) is 0 Å². The molecule has 2 unspecified atom stereocenters. The fourth-order valence-corrected chi connectivity index (χ4v) is 3.28. The summed E-state index contributed by atoms with van der Waals surface area (Å²) in [7, 11) is 0. The van der Waals surface area contributed by atoms with Gasteiger partial charge in [0.05, 0.1) is 16.0 Å². The van der Waals surface area contributed by atoms with Gasteiger partial charge in [-0.15, -0.1) is 0 Å². The molecule has 0 bridgehead atoms. The van der Waals surface area contributed by atoms with Gasteiger partial charge in [-0.05, 0) is 17.9 Å². The molecule has 0 radical (unpaired) electrons. The van der Waals surface area contributed by atoms with Crippen molar-refractivity contribution in [2.45, 2.75) is 0 Å². The molecule has 2 fully saturated rings. The highest BCUT2D eigenvalue weighted by molar-refractivity contribution is 5.80.